The fourth-order valence-electron chi connectivity index (χ4n) is 2.36. The molecule has 1 N–H and O–H groups in total. The van der Waals surface area contributed by atoms with Crippen LogP contribution in [0.4, 0.5) is 4.39 Å². The van der Waals surface area contributed by atoms with Crippen LogP contribution < -0.4 is 5.32 Å². The third-order valence-corrected chi connectivity index (χ3v) is 4.40. The molecule has 1 aromatic rings. The van der Waals surface area contributed by atoms with Crippen molar-refractivity contribution in [2.45, 2.75) is 38.3 Å². The van der Waals surface area contributed by atoms with Crippen LogP contribution >= 0.6 is 15.9 Å². The van der Waals surface area contributed by atoms with Gasteiger partial charge in [-0.15, -0.1) is 0 Å². The molecule has 0 radical (unpaired) electrons. The van der Waals surface area contributed by atoms with Gasteiger partial charge in [-0.3, -0.25) is 4.68 Å². The lowest BCUT2D eigenvalue weighted by molar-refractivity contribution is 0.113. The maximum Gasteiger partial charge on any atom is 0.119 e. The second kappa shape index (κ2) is 5.06. The van der Waals surface area contributed by atoms with Crippen molar-refractivity contribution in [3.8, 4) is 0 Å². The van der Waals surface area contributed by atoms with Gasteiger partial charge in [-0.1, -0.05) is 6.92 Å². The van der Waals surface area contributed by atoms with E-state index in [4.69, 9.17) is 0 Å². The van der Waals surface area contributed by atoms with Crippen LogP contribution in [0, 0.1) is 0 Å². The van der Waals surface area contributed by atoms with E-state index in [0.29, 0.717) is 19.3 Å². The largest absolute Gasteiger partial charge is 0.316 e. The Labute approximate surface area is 110 Å². The molecule has 0 amide bonds. The number of nitrogens with one attached hydrogen (secondary N) is 1. The summed E-state index contributed by atoms with van der Waals surface area (Å²) >= 11 is 3.55. The second-order valence-corrected chi connectivity index (χ2v) is 5.56. The number of hydrogen-bond donors (Lipinski definition) is 1. The smallest absolute Gasteiger partial charge is 0.119 e. The van der Waals surface area contributed by atoms with Gasteiger partial charge in [-0.25, -0.2) is 4.39 Å². The quantitative estimate of drug-likeness (QED) is 0.929. The molecule has 1 aliphatic heterocycles. The molecule has 5 heteroatoms. The van der Waals surface area contributed by atoms with Gasteiger partial charge in [0.15, 0.2) is 0 Å². The third kappa shape index (κ3) is 2.71. The van der Waals surface area contributed by atoms with Gasteiger partial charge in [0.05, 0.1) is 15.9 Å². The summed E-state index contributed by atoms with van der Waals surface area (Å²) in [7, 11) is 1.89. The molecule has 2 rings (SSSR count). The van der Waals surface area contributed by atoms with Gasteiger partial charge < -0.3 is 5.32 Å². The van der Waals surface area contributed by atoms with Gasteiger partial charge in [0.25, 0.3) is 0 Å². The first-order valence-corrected chi connectivity index (χ1v) is 6.95. The van der Waals surface area contributed by atoms with Crippen molar-refractivity contribution < 1.29 is 4.39 Å². The van der Waals surface area contributed by atoms with E-state index in [1.807, 2.05) is 11.7 Å². The normalized spacial score (nSPS) is 19.5. The Morgan fingerprint density at radius 2 is 2.12 bits per heavy atom. The van der Waals surface area contributed by atoms with Crippen LogP contribution in [0.15, 0.2) is 4.47 Å². The molecule has 0 aliphatic carbocycles. The van der Waals surface area contributed by atoms with Crippen molar-refractivity contribution in [3.63, 3.8) is 0 Å². The molecule has 0 atom stereocenters. The van der Waals surface area contributed by atoms with Crippen LogP contribution in [-0.4, -0.2) is 28.5 Å². The monoisotopic (exact) mass is 303 g/mol. The minimum atomic E-state index is -1.08. The molecule has 1 saturated heterocycles. The first-order valence-electron chi connectivity index (χ1n) is 6.15. The van der Waals surface area contributed by atoms with Crippen molar-refractivity contribution in [1.82, 2.24) is 15.1 Å². The lowest BCUT2D eigenvalue weighted by Crippen LogP contribution is -2.40. The lowest BCUT2D eigenvalue weighted by Gasteiger charge is -2.30. The van der Waals surface area contributed by atoms with Crippen LogP contribution in [0.25, 0.3) is 0 Å². The van der Waals surface area contributed by atoms with Gasteiger partial charge in [-0.2, -0.15) is 5.10 Å². The number of nitrogens with zero attached hydrogens (tertiary/aromatic N) is 2. The Morgan fingerprint density at radius 3 is 2.65 bits per heavy atom. The van der Waals surface area contributed by atoms with E-state index < -0.39 is 5.67 Å². The molecule has 1 aromatic heterocycles. The summed E-state index contributed by atoms with van der Waals surface area (Å²) in [6.07, 6.45) is 2.51. The fraction of sp³-hybridized carbons (Fsp3) is 0.750. The number of rotatable bonds is 3. The number of aromatic nitrogens is 2. The number of hydrogen-bond acceptors (Lipinski definition) is 2. The fourth-order valence-corrected chi connectivity index (χ4v) is 3.12. The predicted molar refractivity (Wildman–Crippen MR) is 69.9 cm³/mol. The molecule has 0 spiro atoms. The standard InChI is InChI=1S/C12H19BrFN3/c1-3-9-11(13)10(17(2)16-9)8-12(14)4-6-15-7-5-12/h15H,3-8H2,1-2H3. The number of alkyl halides is 1. The average Bonchev–Trinajstić information content (AvgIpc) is 2.57. The Balaban J connectivity index is 2.20. The minimum absolute atomic E-state index is 0.457. The molecular formula is C12H19BrFN3. The van der Waals surface area contributed by atoms with Crippen molar-refractivity contribution >= 4 is 15.9 Å². The van der Waals surface area contributed by atoms with Crippen molar-refractivity contribution in [2.75, 3.05) is 13.1 Å². The topological polar surface area (TPSA) is 29.9 Å². The molecular weight excluding hydrogens is 285 g/mol. The van der Waals surface area contributed by atoms with Crippen LogP contribution in [0.3, 0.4) is 0 Å². The average molecular weight is 304 g/mol. The highest BCUT2D eigenvalue weighted by Crippen LogP contribution is 2.32. The SMILES string of the molecule is CCc1nn(C)c(CC2(F)CCNCC2)c1Br. The van der Waals surface area contributed by atoms with E-state index >= 15 is 0 Å². The molecule has 0 saturated carbocycles. The van der Waals surface area contributed by atoms with Crippen LogP contribution in [-0.2, 0) is 19.9 Å². The van der Waals surface area contributed by atoms with Crippen LogP contribution in [0.5, 0.6) is 0 Å². The van der Waals surface area contributed by atoms with Crippen molar-refractivity contribution in [3.05, 3.63) is 15.9 Å². The van der Waals surface area contributed by atoms with Crippen LogP contribution in [0.2, 0.25) is 0 Å². The van der Waals surface area contributed by atoms with E-state index in [-0.39, 0.29) is 0 Å². The summed E-state index contributed by atoms with van der Waals surface area (Å²) in [5, 5.41) is 7.61. The molecule has 96 valence electrons. The second-order valence-electron chi connectivity index (χ2n) is 4.76. The van der Waals surface area contributed by atoms with Gasteiger partial charge in [0.2, 0.25) is 0 Å². The number of piperidine rings is 1. The number of aryl methyl sites for hydroxylation is 2. The Bertz CT molecular complexity index is 397. The van der Waals surface area contributed by atoms with Gasteiger partial charge in [0, 0.05) is 13.5 Å². The molecule has 1 aliphatic rings. The first-order chi connectivity index (χ1) is 8.06. The van der Waals surface area contributed by atoms with E-state index in [0.717, 1.165) is 35.4 Å². The van der Waals surface area contributed by atoms with E-state index in [2.05, 4.69) is 33.3 Å². The Hall–Kier alpha value is -0.420. The van der Waals surface area contributed by atoms with Gasteiger partial charge >= 0.3 is 0 Å². The van der Waals surface area contributed by atoms with Gasteiger partial charge in [0.1, 0.15) is 5.67 Å². The Morgan fingerprint density at radius 1 is 1.47 bits per heavy atom. The van der Waals surface area contributed by atoms with Crippen molar-refractivity contribution in [2.24, 2.45) is 7.05 Å². The molecule has 3 nitrogen and oxygen atoms in total. The summed E-state index contributed by atoms with van der Waals surface area (Å²) in [6, 6.07) is 0. The van der Waals surface area contributed by atoms with Crippen molar-refractivity contribution in [1.29, 1.82) is 0 Å². The molecule has 0 aromatic carbocycles. The first kappa shape index (κ1) is 13.0. The maximum absolute atomic E-state index is 14.6. The zero-order valence-electron chi connectivity index (χ0n) is 10.4. The maximum atomic E-state index is 14.6. The highest BCUT2D eigenvalue weighted by Gasteiger charge is 2.34. The molecule has 0 bridgehead atoms. The van der Waals surface area contributed by atoms with E-state index in [9.17, 15) is 4.39 Å². The number of halogens is 2. The summed E-state index contributed by atoms with van der Waals surface area (Å²) in [6.45, 7) is 3.60. The van der Waals surface area contributed by atoms with Gasteiger partial charge in [-0.05, 0) is 48.3 Å². The predicted octanol–water partition coefficient (Wildman–Crippen LogP) is 2.38. The zero-order chi connectivity index (χ0) is 12.5. The van der Waals surface area contributed by atoms with E-state index in [1.165, 1.54) is 0 Å². The minimum Gasteiger partial charge on any atom is -0.316 e. The molecule has 17 heavy (non-hydrogen) atoms. The summed E-state index contributed by atoms with van der Waals surface area (Å²) in [5.41, 5.74) is 0.915. The molecule has 0 unspecified atom stereocenters. The lowest BCUT2D eigenvalue weighted by atomic mass is 9.89. The summed E-state index contributed by atoms with van der Waals surface area (Å²) in [4.78, 5) is 0. The highest BCUT2D eigenvalue weighted by molar-refractivity contribution is 9.10. The summed E-state index contributed by atoms with van der Waals surface area (Å²) < 4.78 is 17.4. The molecule has 2 heterocycles. The summed E-state index contributed by atoms with van der Waals surface area (Å²) in [5.74, 6) is 0. The highest BCUT2D eigenvalue weighted by atomic mass is 79.9. The molecule has 1 fully saturated rings. The third-order valence-electron chi connectivity index (χ3n) is 3.49. The van der Waals surface area contributed by atoms with Crippen LogP contribution in [0.1, 0.15) is 31.2 Å². The Kier molecular flexibility index (Phi) is 3.88. The van der Waals surface area contributed by atoms with E-state index in [1.54, 1.807) is 0 Å². The zero-order valence-corrected chi connectivity index (χ0v) is 12.0.